The van der Waals surface area contributed by atoms with Crippen LogP contribution in [-0.4, -0.2) is 11.0 Å². The molecule has 0 saturated carbocycles. The van der Waals surface area contributed by atoms with Gasteiger partial charge in [-0.2, -0.15) is 0 Å². The third-order valence-corrected chi connectivity index (χ3v) is 3.58. The summed E-state index contributed by atoms with van der Waals surface area (Å²) in [5.74, 6) is -0.142. The first-order valence-corrected chi connectivity index (χ1v) is 7.43. The van der Waals surface area contributed by atoms with E-state index in [4.69, 9.17) is 12.2 Å². The van der Waals surface area contributed by atoms with Gasteiger partial charge in [-0.3, -0.25) is 15.6 Å². The minimum absolute atomic E-state index is 0.142. The Kier molecular flexibility index (Phi) is 5.49. The molecule has 0 heterocycles. The second-order valence-electron chi connectivity index (χ2n) is 5.04. The highest BCUT2D eigenvalue weighted by atomic mass is 32.1. The van der Waals surface area contributed by atoms with E-state index in [-0.39, 0.29) is 5.91 Å². The third-order valence-electron chi connectivity index (χ3n) is 3.38. The maximum atomic E-state index is 11.8. The van der Waals surface area contributed by atoms with Gasteiger partial charge in [-0.15, -0.1) is 0 Å². The molecule has 0 aromatic heterocycles. The second kappa shape index (κ2) is 7.56. The molecule has 0 radical (unpaired) electrons. The van der Waals surface area contributed by atoms with Crippen LogP contribution in [0.2, 0.25) is 0 Å². The maximum absolute atomic E-state index is 11.8. The zero-order valence-corrected chi connectivity index (χ0v) is 13.5. The molecule has 114 valence electrons. The quantitative estimate of drug-likeness (QED) is 0.602. The number of aryl methyl sites for hydroxylation is 1. The smallest absolute Gasteiger partial charge is 0.242 e. The number of hydrogen-bond donors (Lipinski definition) is 3. The molecule has 5 heteroatoms. The molecule has 0 aliphatic heterocycles. The lowest BCUT2D eigenvalue weighted by Crippen LogP contribution is -2.44. The summed E-state index contributed by atoms with van der Waals surface area (Å²) in [6, 6.07) is 15.5. The van der Waals surface area contributed by atoms with Gasteiger partial charge in [-0.1, -0.05) is 42.5 Å². The van der Waals surface area contributed by atoms with E-state index in [1.165, 1.54) is 5.56 Å². The fraction of sp³-hybridized carbons (Fsp3) is 0.176. The number of thiocarbonyl (C=S) groups is 1. The Hall–Kier alpha value is -2.40. The number of carbonyl (C=O) groups is 1. The number of amides is 1. The lowest BCUT2D eigenvalue weighted by molar-refractivity contribution is -0.120. The molecule has 0 atom stereocenters. The van der Waals surface area contributed by atoms with Gasteiger partial charge in [0, 0.05) is 5.69 Å². The topological polar surface area (TPSA) is 53.2 Å². The molecule has 0 spiro atoms. The molecule has 2 rings (SSSR count). The molecule has 0 aliphatic carbocycles. The molecule has 4 nitrogen and oxygen atoms in total. The molecule has 1 amide bonds. The Morgan fingerprint density at radius 3 is 2.45 bits per heavy atom. The van der Waals surface area contributed by atoms with Gasteiger partial charge < -0.3 is 5.32 Å². The summed E-state index contributed by atoms with van der Waals surface area (Å²) in [6.07, 6.45) is 0.305. The van der Waals surface area contributed by atoms with Crippen molar-refractivity contribution in [3.63, 3.8) is 0 Å². The van der Waals surface area contributed by atoms with Gasteiger partial charge in [-0.25, -0.2) is 0 Å². The first-order valence-electron chi connectivity index (χ1n) is 7.02. The fourth-order valence-electron chi connectivity index (χ4n) is 1.99. The fourth-order valence-corrected chi connectivity index (χ4v) is 2.15. The van der Waals surface area contributed by atoms with Crippen LogP contribution in [0.5, 0.6) is 0 Å². The number of hydrazine groups is 1. The van der Waals surface area contributed by atoms with E-state index >= 15 is 0 Å². The second-order valence-corrected chi connectivity index (χ2v) is 5.45. The number of benzene rings is 2. The summed E-state index contributed by atoms with van der Waals surface area (Å²) >= 11 is 5.18. The molecule has 0 saturated heterocycles. The number of rotatable bonds is 3. The highest BCUT2D eigenvalue weighted by Crippen LogP contribution is 2.17. The van der Waals surface area contributed by atoms with Crippen LogP contribution >= 0.6 is 12.2 Å². The highest BCUT2D eigenvalue weighted by molar-refractivity contribution is 7.80. The molecule has 0 fully saturated rings. The summed E-state index contributed by atoms with van der Waals surface area (Å²) in [5.41, 5.74) is 9.50. The Balaban J connectivity index is 1.83. The van der Waals surface area contributed by atoms with Crippen molar-refractivity contribution >= 4 is 28.9 Å². The number of anilines is 1. The largest absolute Gasteiger partial charge is 0.331 e. The molecular formula is C17H19N3OS. The highest BCUT2D eigenvalue weighted by Gasteiger charge is 2.05. The van der Waals surface area contributed by atoms with E-state index in [2.05, 4.69) is 16.2 Å². The van der Waals surface area contributed by atoms with Crippen molar-refractivity contribution in [1.29, 1.82) is 0 Å². The maximum Gasteiger partial charge on any atom is 0.242 e. The van der Waals surface area contributed by atoms with Gasteiger partial charge >= 0.3 is 0 Å². The summed E-state index contributed by atoms with van der Waals surface area (Å²) < 4.78 is 0. The molecule has 3 N–H and O–H groups in total. The molecular weight excluding hydrogens is 294 g/mol. The van der Waals surface area contributed by atoms with E-state index in [9.17, 15) is 4.79 Å². The van der Waals surface area contributed by atoms with E-state index < -0.39 is 0 Å². The molecule has 0 unspecified atom stereocenters. The van der Waals surface area contributed by atoms with Crippen molar-refractivity contribution in [2.24, 2.45) is 0 Å². The Morgan fingerprint density at radius 2 is 1.73 bits per heavy atom. The first-order chi connectivity index (χ1) is 10.6. The summed E-state index contributed by atoms with van der Waals surface area (Å²) in [7, 11) is 0. The van der Waals surface area contributed by atoms with Crippen molar-refractivity contribution < 1.29 is 4.79 Å². The average Bonchev–Trinajstić information content (AvgIpc) is 2.51. The Morgan fingerprint density at radius 1 is 1.00 bits per heavy atom. The molecule has 0 aliphatic rings. The van der Waals surface area contributed by atoms with Crippen LogP contribution in [0.4, 0.5) is 5.69 Å². The number of hydrogen-bond acceptors (Lipinski definition) is 2. The van der Waals surface area contributed by atoms with Crippen LogP contribution in [0.25, 0.3) is 0 Å². The van der Waals surface area contributed by atoms with E-state index in [1.54, 1.807) is 0 Å². The van der Waals surface area contributed by atoms with Gasteiger partial charge in [0.15, 0.2) is 5.11 Å². The Bertz CT molecular complexity index is 671. The van der Waals surface area contributed by atoms with Gasteiger partial charge in [0.05, 0.1) is 6.42 Å². The summed E-state index contributed by atoms with van der Waals surface area (Å²) in [5, 5.41) is 3.43. The van der Waals surface area contributed by atoms with Crippen molar-refractivity contribution in [2.45, 2.75) is 20.3 Å². The van der Waals surface area contributed by atoms with Gasteiger partial charge in [-0.05, 0) is 48.8 Å². The normalized spacial score (nSPS) is 9.91. The molecule has 0 bridgehead atoms. The van der Waals surface area contributed by atoms with Gasteiger partial charge in [0.1, 0.15) is 0 Å². The van der Waals surface area contributed by atoms with Crippen LogP contribution in [0, 0.1) is 13.8 Å². The van der Waals surface area contributed by atoms with Gasteiger partial charge in [0.2, 0.25) is 5.91 Å². The van der Waals surface area contributed by atoms with Crippen LogP contribution < -0.4 is 16.2 Å². The monoisotopic (exact) mass is 313 g/mol. The summed E-state index contributed by atoms with van der Waals surface area (Å²) in [6.45, 7) is 4.06. The Labute approximate surface area is 135 Å². The summed E-state index contributed by atoms with van der Waals surface area (Å²) in [4.78, 5) is 11.8. The van der Waals surface area contributed by atoms with Crippen molar-refractivity contribution in [2.75, 3.05) is 5.32 Å². The lowest BCUT2D eigenvalue weighted by Gasteiger charge is -2.14. The van der Waals surface area contributed by atoms with Crippen molar-refractivity contribution in [3.05, 3.63) is 65.2 Å². The zero-order valence-electron chi connectivity index (χ0n) is 12.6. The van der Waals surface area contributed by atoms with Crippen LogP contribution in [0.1, 0.15) is 16.7 Å². The van der Waals surface area contributed by atoms with Crippen LogP contribution in [-0.2, 0) is 11.2 Å². The lowest BCUT2D eigenvalue weighted by atomic mass is 10.1. The number of nitrogens with one attached hydrogen (secondary N) is 3. The van der Waals surface area contributed by atoms with Crippen molar-refractivity contribution in [1.82, 2.24) is 10.9 Å². The van der Waals surface area contributed by atoms with Gasteiger partial charge in [0.25, 0.3) is 0 Å². The van der Waals surface area contributed by atoms with E-state index in [0.29, 0.717) is 11.5 Å². The van der Waals surface area contributed by atoms with Crippen LogP contribution in [0.3, 0.4) is 0 Å². The van der Waals surface area contributed by atoms with E-state index in [0.717, 1.165) is 16.8 Å². The molecule has 2 aromatic carbocycles. The molecule has 22 heavy (non-hydrogen) atoms. The minimum atomic E-state index is -0.142. The zero-order chi connectivity index (χ0) is 15.9. The first kappa shape index (κ1) is 16.0. The predicted octanol–water partition coefficient (Wildman–Crippen LogP) is 2.86. The number of carbonyl (C=O) groups excluding carboxylic acids is 1. The van der Waals surface area contributed by atoms with E-state index in [1.807, 2.05) is 62.4 Å². The average molecular weight is 313 g/mol. The van der Waals surface area contributed by atoms with Crippen molar-refractivity contribution in [3.8, 4) is 0 Å². The SMILES string of the molecule is Cc1cccc(NC(=S)NNC(=O)Cc2ccccc2)c1C. The standard InChI is InChI=1S/C17H19N3OS/c1-12-7-6-10-15(13(12)2)18-17(22)20-19-16(21)11-14-8-4-3-5-9-14/h3-10H,11H2,1-2H3,(H,19,21)(H2,18,20,22). The predicted molar refractivity (Wildman–Crippen MR) is 93.6 cm³/mol. The minimum Gasteiger partial charge on any atom is -0.331 e. The molecule has 2 aromatic rings. The third kappa shape index (κ3) is 4.56. The van der Waals surface area contributed by atoms with Crippen LogP contribution in [0.15, 0.2) is 48.5 Å².